The Balaban J connectivity index is 0.00000363. The predicted octanol–water partition coefficient (Wildman–Crippen LogP) is -11.4. The van der Waals surface area contributed by atoms with Gasteiger partial charge in [-0.3, -0.25) is 19.3 Å². The molecule has 0 saturated carbocycles. The average Bonchev–Trinajstić information content (AvgIpc) is 2.69. The van der Waals surface area contributed by atoms with Gasteiger partial charge < -0.3 is 34.3 Å². The molecule has 1 unspecified atom stereocenters. The topological polar surface area (TPSA) is 179 Å². The summed E-state index contributed by atoms with van der Waals surface area (Å²) in [7, 11) is -5.42. The summed E-state index contributed by atoms with van der Waals surface area (Å²) < 4.78 is 16.5. The smallest absolute Gasteiger partial charge is 0.806 e. The number of carbonyl (C=O) groups excluding carboxylic acids is 4. The Morgan fingerprint density at radius 1 is 1.21 bits per heavy atom. The summed E-state index contributed by atoms with van der Waals surface area (Å²) in [6.07, 6.45) is 0. The Kier molecular flexibility index (Phi) is 14.5. The standard InChI is InChI=1S/C18H19N2O9PS.3Na/c1-9(21)29-7-11-8-31-17-13(15(23)20(17)16(11)30(26,27)28)19-14(22)12(18(24)25)10-5-3-2-4-6-10;;;/h2-6,12-13,17H,7-8H2,1H3,(H,19,22)(H,24,25)(H2,26,27,28);;;/q;3*+1/p-3/t12?,13-,17+;;;/m1.../s1. The van der Waals surface area contributed by atoms with Crippen molar-refractivity contribution in [3.63, 3.8) is 0 Å². The van der Waals surface area contributed by atoms with E-state index in [2.05, 4.69) is 5.32 Å². The number of thioether (sulfide) groups is 1. The SMILES string of the molecule is CC(=O)OCC1=C(P(=O)([O-])[O-])N2C(=O)[C@@H](NC(=O)C(C(=O)[O-])c3ccccc3)[C@@H]2SC1.[Na+].[Na+].[Na+]. The van der Waals surface area contributed by atoms with Crippen molar-refractivity contribution in [2.75, 3.05) is 12.4 Å². The number of hydrogen-bond acceptors (Lipinski definition) is 10. The molecule has 3 atom stereocenters. The van der Waals surface area contributed by atoms with Gasteiger partial charge in [0.05, 0.1) is 11.4 Å². The van der Waals surface area contributed by atoms with E-state index >= 15 is 0 Å². The number of carbonyl (C=O) groups is 4. The summed E-state index contributed by atoms with van der Waals surface area (Å²) in [6, 6.07) is 6.29. The summed E-state index contributed by atoms with van der Waals surface area (Å²) >= 11 is 1.04. The van der Waals surface area contributed by atoms with Crippen molar-refractivity contribution >= 4 is 43.1 Å². The van der Waals surface area contributed by atoms with Crippen LogP contribution >= 0.6 is 19.4 Å². The van der Waals surface area contributed by atoms with Crippen LogP contribution in [0.4, 0.5) is 0 Å². The van der Waals surface area contributed by atoms with E-state index in [1.807, 2.05) is 0 Å². The van der Waals surface area contributed by atoms with Crippen molar-refractivity contribution in [2.45, 2.75) is 24.3 Å². The molecule has 1 fully saturated rings. The van der Waals surface area contributed by atoms with E-state index in [-0.39, 0.29) is 106 Å². The molecule has 0 aromatic heterocycles. The number of carboxylic acids is 1. The van der Waals surface area contributed by atoms with Crippen molar-refractivity contribution in [1.82, 2.24) is 10.2 Å². The molecular formula is C18H16N2Na3O9PS. The number of amides is 2. The molecule has 2 amide bonds. The van der Waals surface area contributed by atoms with Crippen molar-refractivity contribution in [2.24, 2.45) is 0 Å². The zero-order valence-electron chi connectivity index (χ0n) is 19.0. The molecule has 0 radical (unpaired) electrons. The first-order chi connectivity index (χ1) is 14.5. The predicted molar refractivity (Wildman–Crippen MR) is 100 cm³/mol. The van der Waals surface area contributed by atoms with E-state index in [0.29, 0.717) is 0 Å². The molecule has 2 aliphatic rings. The Morgan fingerprint density at radius 3 is 2.29 bits per heavy atom. The second-order valence-electron chi connectivity index (χ2n) is 6.76. The third-order valence-electron chi connectivity index (χ3n) is 4.65. The number of benzene rings is 1. The van der Waals surface area contributed by atoms with Gasteiger partial charge in [-0.2, -0.15) is 0 Å². The zero-order chi connectivity index (χ0) is 22.9. The Bertz CT molecular complexity index is 1020. The van der Waals surface area contributed by atoms with Crippen molar-refractivity contribution in [3.8, 4) is 0 Å². The molecule has 1 N–H and O–H groups in total. The van der Waals surface area contributed by atoms with Gasteiger partial charge >= 0.3 is 94.6 Å². The molecule has 0 aliphatic carbocycles. The molecule has 1 aromatic rings. The summed E-state index contributed by atoms with van der Waals surface area (Å²) in [6.45, 7) is 0.633. The monoisotopic (exact) mass is 536 g/mol. The van der Waals surface area contributed by atoms with E-state index in [1.165, 1.54) is 24.3 Å². The number of rotatable bonds is 7. The van der Waals surface area contributed by atoms with Gasteiger partial charge in [0.25, 0.3) is 5.91 Å². The van der Waals surface area contributed by atoms with Crippen LogP contribution in [0.3, 0.4) is 0 Å². The first kappa shape index (κ1) is 34.3. The Hall–Kier alpha value is 0.340. The van der Waals surface area contributed by atoms with Gasteiger partial charge in [-0.1, -0.05) is 30.3 Å². The van der Waals surface area contributed by atoms with E-state index in [9.17, 15) is 38.6 Å². The fourth-order valence-corrected chi connectivity index (χ4v) is 5.84. The molecule has 1 aromatic carbocycles. The third-order valence-corrected chi connectivity index (χ3v) is 7.04. The number of aliphatic carboxylic acids is 1. The quantitative estimate of drug-likeness (QED) is 0.116. The second-order valence-corrected chi connectivity index (χ2v) is 9.29. The normalized spacial score (nSPS) is 19.7. The van der Waals surface area contributed by atoms with E-state index in [0.717, 1.165) is 23.6 Å². The van der Waals surface area contributed by atoms with Gasteiger partial charge in [0, 0.05) is 18.2 Å². The Morgan fingerprint density at radius 2 is 1.79 bits per heavy atom. The summed E-state index contributed by atoms with van der Waals surface area (Å²) in [5.74, 6) is -5.99. The molecule has 2 heterocycles. The maximum absolute atomic E-state index is 12.6. The van der Waals surface area contributed by atoms with Crippen molar-refractivity contribution < 1.29 is 132 Å². The number of nitrogens with zero attached hydrogens (tertiary/aromatic N) is 1. The molecule has 3 rings (SSSR count). The van der Waals surface area contributed by atoms with Crippen LogP contribution in [0.15, 0.2) is 41.3 Å². The van der Waals surface area contributed by atoms with Crippen LogP contribution in [-0.4, -0.2) is 52.4 Å². The maximum Gasteiger partial charge on any atom is 1.00 e. The molecule has 11 nitrogen and oxygen atoms in total. The van der Waals surface area contributed by atoms with Gasteiger partial charge in [0.15, 0.2) is 0 Å². The number of esters is 1. The average molecular weight is 536 g/mol. The van der Waals surface area contributed by atoms with E-state index < -0.39 is 60.7 Å². The molecule has 2 aliphatic heterocycles. The van der Waals surface area contributed by atoms with Crippen LogP contribution in [0, 0.1) is 0 Å². The Labute approximate surface area is 265 Å². The molecule has 1 saturated heterocycles. The van der Waals surface area contributed by atoms with Crippen molar-refractivity contribution in [1.29, 1.82) is 0 Å². The fraction of sp³-hybridized carbons (Fsp3) is 0.333. The van der Waals surface area contributed by atoms with E-state index in [1.54, 1.807) is 6.07 Å². The van der Waals surface area contributed by atoms with Crippen LogP contribution in [0.1, 0.15) is 18.4 Å². The summed E-state index contributed by atoms with van der Waals surface area (Å²) in [4.78, 5) is 72.0. The maximum atomic E-state index is 12.6. The van der Waals surface area contributed by atoms with Crippen molar-refractivity contribution in [3.05, 3.63) is 46.9 Å². The number of hydrogen-bond donors (Lipinski definition) is 1. The molecule has 0 bridgehead atoms. The van der Waals surface area contributed by atoms with E-state index in [4.69, 9.17) is 4.74 Å². The first-order valence-corrected chi connectivity index (χ1v) is 11.5. The van der Waals surface area contributed by atoms with Crippen LogP contribution in [0.25, 0.3) is 0 Å². The molecule has 16 heteroatoms. The summed E-state index contributed by atoms with van der Waals surface area (Å²) in [5.41, 5.74) is -0.680. The van der Waals surface area contributed by atoms with Gasteiger partial charge in [0.1, 0.15) is 23.9 Å². The minimum atomic E-state index is -5.42. The minimum Gasteiger partial charge on any atom is -0.806 e. The fourth-order valence-electron chi connectivity index (χ4n) is 3.31. The number of ether oxygens (including phenoxy) is 1. The first-order valence-electron chi connectivity index (χ1n) is 8.91. The van der Waals surface area contributed by atoms with Gasteiger partial charge in [0.2, 0.25) is 5.91 Å². The second kappa shape index (κ2) is 14.3. The van der Waals surface area contributed by atoms with Crippen LogP contribution in [0.5, 0.6) is 0 Å². The molecule has 34 heavy (non-hydrogen) atoms. The van der Waals surface area contributed by atoms with Crippen LogP contribution in [-0.2, 0) is 28.5 Å². The number of nitrogens with one attached hydrogen (secondary N) is 1. The van der Waals surface area contributed by atoms with Crippen LogP contribution < -0.4 is 109 Å². The largest absolute Gasteiger partial charge is 1.00 e. The number of β-lactam (4-membered cyclic amide) rings is 1. The third kappa shape index (κ3) is 7.67. The minimum absolute atomic E-state index is 0. The van der Waals surface area contributed by atoms with Gasteiger partial charge in [-0.05, 0) is 13.2 Å². The molecule has 166 valence electrons. The zero-order valence-corrected chi connectivity index (χ0v) is 26.7. The van der Waals surface area contributed by atoms with Gasteiger partial charge in [-0.25, -0.2) is 0 Å². The van der Waals surface area contributed by atoms with Crippen LogP contribution in [0.2, 0.25) is 0 Å². The number of carboxylic acid groups (broad SMARTS) is 1. The number of fused-ring (bicyclic) bond motifs is 1. The summed E-state index contributed by atoms with van der Waals surface area (Å²) in [5, 5.41) is 12.9. The molecule has 0 spiro atoms. The molecular weight excluding hydrogens is 520 g/mol. The van der Waals surface area contributed by atoms with Gasteiger partial charge in [-0.15, -0.1) is 11.8 Å².